The minimum atomic E-state index is -0.445. The Labute approximate surface area is 127 Å². The zero-order valence-corrected chi connectivity index (χ0v) is 12.3. The molecule has 0 aliphatic heterocycles. The summed E-state index contributed by atoms with van der Waals surface area (Å²) in [5.41, 5.74) is 0.650. The molecule has 2 aromatic rings. The van der Waals surface area contributed by atoms with Gasteiger partial charge in [0.15, 0.2) is 0 Å². The van der Waals surface area contributed by atoms with Crippen LogP contribution in [0.1, 0.15) is 10.4 Å². The van der Waals surface area contributed by atoms with Crippen LogP contribution in [0.15, 0.2) is 36.4 Å². The van der Waals surface area contributed by atoms with E-state index < -0.39 is 5.91 Å². The van der Waals surface area contributed by atoms with Crippen LogP contribution in [-0.2, 0) is 0 Å². The first-order valence-corrected chi connectivity index (χ1v) is 6.45. The number of anilines is 1. The average Bonchev–Trinajstić information content (AvgIpc) is 2.49. The molecule has 2 N–H and O–H groups in total. The van der Waals surface area contributed by atoms with Crippen molar-refractivity contribution in [1.82, 2.24) is 0 Å². The van der Waals surface area contributed by atoms with E-state index in [1.54, 1.807) is 25.3 Å². The van der Waals surface area contributed by atoms with Crippen LogP contribution in [0.4, 0.5) is 5.69 Å². The van der Waals surface area contributed by atoms with E-state index in [0.717, 1.165) is 0 Å². The van der Waals surface area contributed by atoms with Crippen molar-refractivity contribution in [3.8, 4) is 17.2 Å². The Hall–Kier alpha value is -2.40. The quantitative estimate of drug-likeness (QED) is 0.909. The number of benzene rings is 2. The number of carbonyl (C=O) groups excluding carboxylic acids is 1. The summed E-state index contributed by atoms with van der Waals surface area (Å²) in [6.45, 7) is 0. The first-order valence-electron chi connectivity index (χ1n) is 6.07. The SMILES string of the molecule is COc1ccc(NC(=O)c2cc(O)ccc2Cl)c(OC)c1. The number of phenols is 1. The second kappa shape index (κ2) is 6.37. The van der Waals surface area contributed by atoms with E-state index >= 15 is 0 Å². The van der Waals surface area contributed by atoms with Crippen LogP contribution in [0.25, 0.3) is 0 Å². The maximum atomic E-state index is 12.2. The van der Waals surface area contributed by atoms with Gasteiger partial charge >= 0.3 is 0 Å². The molecule has 110 valence electrons. The molecule has 0 aliphatic rings. The number of rotatable bonds is 4. The number of nitrogens with one attached hydrogen (secondary N) is 1. The molecule has 0 saturated heterocycles. The lowest BCUT2D eigenvalue weighted by Crippen LogP contribution is -2.13. The van der Waals surface area contributed by atoms with Crippen LogP contribution >= 0.6 is 11.6 Å². The van der Waals surface area contributed by atoms with Crippen molar-refractivity contribution in [3.63, 3.8) is 0 Å². The van der Waals surface area contributed by atoms with Gasteiger partial charge < -0.3 is 19.9 Å². The molecule has 0 fully saturated rings. The Morgan fingerprint density at radius 2 is 1.90 bits per heavy atom. The third-order valence-corrected chi connectivity index (χ3v) is 3.18. The van der Waals surface area contributed by atoms with Crippen molar-refractivity contribution in [2.45, 2.75) is 0 Å². The molecule has 5 nitrogen and oxygen atoms in total. The molecule has 1 amide bonds. The summed E-state index contributed by atoms with van der Waals surface area (Å²) in [7, 11) is 3.03. The molecule has 6 heteroatoms. The number of carbonyl (C=O) groups is 1. The molecular formula is C15H14ClNO4. The molecule has 0 aliphatic carbocycles. The smallest absolute Gasteiger partial charge is 0.257 e. The molecule has 0 aromatic heterocycles. The van der Waals surface area contributed by atoms with Gasteiger partial charge in [-0.25, -0.2) is 0 Å². The Bertz CT molecular complexity index is 673. The van der Waals surface area contributed by atoms with Gasteiger partial charge in [0.2, 0.25) is 0 Å². The number of amides is 1. The average molecular weight is 308 g/mol. The highest BCUT2D eigenvalue weighted by atomic mass is 35.5. The molecule has 0 unspecified atom stereocenters. The van der Waals surface area contributed by atoms with Crippen molar-refractivity contribution >= 4 is 23.2 Å². The van der Waals surface area contributed by atoms with Crippen LogP contribution < -0.4 is 14.8 Å². The fourth-order valence-electron chi connectivity index (χ4n) is 1.78. The minimum absolute atomic E-state index is 0.0359. The maximum Gasteiger partial charge on any atom is 0.257 e. The Balaban J connectivity index is 2.29. The fraction of sp³-hybridized carbons (Fsp3) is 0.133. The monoisotopic (exact) mass is 307 g/mol. The van der Waals surface area contributed by atoms with Crippen LogP contribution in [0.3, 0.4) is 0 Å². The van der Waals surface area contributed by atoms with Gasteiger partial charge in [-0.15, -0.1) is 0 Å². The Morgan fingerprint density at radius 3 is 2.57 bits per heavy atom. The molecule has 2 rings (SSSR count). The lowest BCUT2D eigenvalue weighted by molar-refractivity contribution is 0.102. The van der Waals surface area contributed by atoms with Crippen molar-refractivity contribution in [1.29, 1.82) is 0 Å². The summed E-state index contributed by atoms with van der Waals surface area (Å²) in [6.07, 6.45) is 0. The minimum Gasteiger partial charge on any atom is -0.508 e. The number of ether oxygens (including phenoxy) is 2. The van der Waals surface area contributed by atoms with Crippen molar-refractivity contribution < 1.29 is 19.4 Å². The van der Waals surface area contributed by atoms with Crippen molar-refractivity contribution in [3.05, 3.63) is 47.0 Å². The first-order chi connectivity index (χ1) is 10.0. The van der Waals surface area contributed by atoms with E-state index in [0.29, 0.717) is 17.2 Å². The van der Waals surface area contributed by atoms with Gasteiger partial charge in [0.25, 0.3) is 5.91 Å². The van der Waals surface area contributed by atoms with E-state index in [9.17, 15) is 9.90 Å². The van der Waals surface area contributed by atoms with Gasteiger partial charge in [-0.05, 0) is 30.3 Å². The Morgan fingerprint density at radius 1 is 1.14 bits per heavy atom. The van der Waals surface area contributed by atoms with Crippen molar-refractivity contribution in [2.24, 2.45) is 0 Å². The highest BCUT2D eigenvalue weighted by Gasteiger charge is 2.14. The van der Waals surface area contributed by atoms with Gasteiger partial charge in [0.05, 0.1) is 30.5 Å². The number of phenolic OH excluding ortho intramolecular Hbond substituents is 1. The molecule has 0 heterocycles. The van der Waals surface area contributed by atoms with Crippen LogP contribution in [0, 0.1) is 0 Å². The van der Waals surface area contributed by atoms with Gasteiger partial charge in [0.1, 0.15) is 17.2 Å². The second-order valence-electron chi connectivity index (χ2n) is 4.18. The van der Waals surface area contributed by atoms with E-state index in [4.69, 9.17) is 21.1 Å². The molecule has 0 spiro atoms. The number of halogens is 1. The fourth-order valence-corrected chi connectivity index (χ4v) is 1.98. The highest BCUT2D eigenvalue weighted by Crippen LogP contribution is 2.30. The second-order valence-corrected chi connectivity index (χ2v) is 4.59. The normalized spacial score (nSPS) is 10.0. The third-order valence-electron chi connectivity index (χ3n) is 2.85. The molecular weight excluding hydrogens is 294 g/mol. The molecule has 0 radical (unpaired) electrons. The molecule has 0 bridgehead atoms. The van der Waals surface area contributed by atoms with Crippen LogP contribution in [0.5, 0.6) is 17.2 Å². The zero-order valence-electron chi connectivity index (χ0n) is 11.5. The summed E-state index contributed by atoms with van der Waals surface area (Å²) < 4.78 is 10.3. The summed E-state index contributed by atoms with van der Waals surface area (Å²) in [5, 5.41) is 12.4. The maximum absolute atomic E-state index is 12.2. The molecule has 2 aromatic carbocycles. The summed E-state index contributed by atoms with van der Waals surface area (Å²) in [4.78, 5) is 12.2. The van der Waals surface area contributed by atoms with Gasteiger partial charge in [0, 0.05) is 6.07 Å². The number of hydrogen-bond acceptors (Lipinski definition) is 4. The van der Waals surface area contributed by atoms with E-state index in [1.807, 2.05) is 0 Å². The standard InChI is InChI=1S/C15H14ClNO4/c1-20-10-4-6-13(14(8-10)21-2)17-15(19)11-7-9(18)3-5-12(11)16/h3-8,18H,1-2H3,(H,17,19). The summed E-state index contributed by atoms with van der Waals surface area (Å²) >= 11 is 5.96. The van der Waals surface area contributed by atoms with E-state index in [1.165, 1.54) is 25.3 Å². The van der Waals surface area contributed by atoms with Gasteiger partial charge in [-0.1, -0.05) is 11.6 Å². The highest BCUT2D eigenvalue weighted by molar-refractivity contribution is 6.34. The number of hydrogen-bond donors (Lipinski definition) is 2. The van der Waals surface area contributed by atoms with Crippen molar-refractivity contribution in [2.75, 3.05) is 19.5 Å². The van der Waals surface area contributed by atoms with Crippen LogP contribution in [-0.4, -0.2) is 25.2 Å². The van der Waals surface area contributed by atoms with Gasteiger partial charge in [-0.3, -0.25) is 4.79 Å². The Kier molecular flexibility index (Phi) is 4.55. The summed E-state index contributed by atoms with van der Waals surface area (Å²) in [6, 6.07) is 9.17. The predicted molar refractivity (Wildman–Crippen MR) is 80.6 cm³/mol. The lowest BCUT2D eigenvalue weighted by atomic mass is 10.2. The van der Waals surface area contributed by atoms with E-state index in [-0.39, 0.29) is 16.3 Å². The lowest BCUT2D eigenvalue weighted by Gasteiger charge is -2.12. The van der Waals surface area contributed by atoms with Crippen LogP contribution in [0.2, 0.25) is 5.02 Å². The third kappa shape index (κ3) is 3.38. The molecule has 0 atom stereocenters. The zero-order chi connectivity index (χ0) is 15.4. The molecule has 21 heavy (non-hydrogen) atoms. The largest absolute Gasteiger partial charge is 0.508 e. The predicted octanol–water partition coefficient (Wildman–Crippen LogP) is 3.32. The topological polar surface area (TPSA) is 67.8 Å². The number of methoxy groups -OCH3 is 2. The summed E-state index contributed by atoms with van der Waals surface area (Å²) in [5.74, 6) is 0.588. The van der Waals surface area contributed by atoms with Gasteiger partial charge in [-0.2, -0.15) is 0 Å². The number of aromatic hydroxyl groups is 1. The first kappa shape index (κ1) is 15.0. The molecule has 0 saturated carbocycles. The van der Waals surface area contributed by atoms with E-state index in [2.05, 4.69) is 5.32 Å².